The van der Waals surface area contributed by atoms with Gasteiger partial charge in [-0.15, -0.1) is 0 Å². The van der Waals surface area contributed by atoms with Crippen molar-refractivity contribution in [3.05, 3.63) is 0 Å². The van der Waals surface area contributed by atoms with Gasteiger partial charge in [-0.2, -0.15) is 4.99 Å². The number of nitrogens with zero attached hydrogens (tertiary/aromatic N) is 3. The Kier molecular flexibility index (Phi) is 4.28. The third kappa shape index (κ3) is 2.84. The molecule has 3 aliphatic rings. The van der Waals surface area contributed by atoms with E-state index in [1.165, 1.54) is 37.6 Å². The summed E-state index contributed by atoms with van der Waals surface area (Å²) in [6.45, 7) is 5.28. The minimum Gasteiger partial charge on any atom is -0.314 e. The number of amides is 1. The molecule has 2 unspecified atom stereocenters. The van der Waals surface area contributed by atoms with Crippen LogP contribution in [0.25, 0.3) is 0 Å². The number of carbonyl (C=O) groups is 1. The molecule has 0 bridgehead atoms. The molecule has 3 rings (SSSR count). The Hall–Kier alpha value is -0.660. The van der Waals surface area contributed by atoms with Crippen molar-refractivity contribution in [1.29, 1.82) is 0 Å². The van der Waals surface area contributed by atoms with Crippen molar-refractivity contribution in [2.45, 2.75) is 45.1 Å². The SMILES string of the molecule is CC1CCCC[NH+]1CN1C(=S)SC2=NC(=O)CCCN21. The van der Waals surface area contributed by atoms with Crippen LogP contribution in [-0.4, -0.2) is 51.2 Å². The number of hydrogen-bond donors (Lipinski definition) is 1. The molecule has 0 aliphatic carbocycles. The van der Waals surface area contributed by atoms with Gasteiger partial charge in [0, 0.05) is 13.0 Å². The summed E-state index contributed by atoms with van der Waals surface area (Å²) in [5, 5.41) is 5.06. The lowest BCUT2D eigenvalue weighted by Gasteiger charge is -2.36. The van der Waals surface area contributed by atoms with Gasteiger partial charge in [-0.25, -0.2) is 5.01 Å². The van der Waals surface area contributed by atoms with Crippen molar-refractivity contribution >= 4 is 39.4 Å². The average molecular weight is 313 g/mol. The molecule has 3 aliphatic heterocycles. The maximum absolute atomic E-state index is 11.6. The molecule has 5 nitrogen and oxygen atoms in total. The van der Waals surface area contributed by atoms with E-state index in [1.807, 2.05) is 0 Å². The van der Waals surface area contributed by atoms with E-state index in [2.05, 4.69) is 21.9 Å². The molecule has 7 heteroatoms. The quantitative estimate of drug-likeness (QED) is 0.757. The highest BCUT2D eigenvalue weighted by Gasteiger charge is 2.37. The number of hydrazine groups is 1. The summed E-state index contributed by atoms with van der Waals surface area (Å²) < 4.78 is 0.837. The third-order valence-corrected chi connectivity index (χ3v) is 5.65. The van der Waals surface area contributed by atoms with Crippen molar-refractivity contribution in [2.75, 3.05) is 19.8 Å². The number of fused-ring (bicyclic) bond motifs is 1. The zero-order chi connectivity index (χ0) is 14.1. The van der Waals surface area contributed by atoms with Gasteiger partial charge in [0.05, 0.1) is 12.6 Å². The second-order valence-electron chi connectivity index (χ2n) is 5.75. The molecule has 0 aromatic heterocycles. The molecular formula is C13H21N4OS2+. The first-order chi connectivity index (χ1) is 9.65. The van der Waals surface area contributed by atoms with E-state index in [0.29, 0.717) is 12.5 Å². The number of amidine groups is 1. The van der Waals surface area contributed by atoms with E-state index < -0.39 is 0 Å². The normalized spacial score (nSPS) is 31.1. The van der Waals surface area contributed by atoms with E-state index >= 15 is 0 Å². The second-order valence-corrected chi connectivity index (χ2v) is 7.35. The zero-order valence-corrected chi connectivity index (χ0v) is 13.4. The number of carbonyl (C=O) groups excluding carboxylic acids is 1. The van der Waals surface area contributed by atoms with Crippen LogP contribution in [0, 0.1) is 0 Å². The van der Waals surface area contributed by atoms with Crippen LogP contribution >= 0.6 is 24.0 Å². The molecule has 110 valence electrons. The molecule has 0 aromatic rings. The van der Waals surface area contributed by atoms with Gasteiger partial charge in [-0.3, -0.25) is 9.80 Å². The molecule has 0 aromatic carbocycles. The summed E-state index contributed by atoms with van der Waals surface area (Å²) >= 11 is 6.95. The highest BCUT2D eigenvalue weighted by Crippen LogP contribution is 2.27. The number of nitrogens with one attached hydrogen (secondary N) is 1. The number of quaternary nitrogens is 1. The van der Waals surface area contributed by atoms with E-state index in [4.69, 9.17) is 12.2 Å². The molecule has 0 saturated carbocycles. The fourth-order valence-electron chi connectivity index (χ4n) is 3.06. The first-order valence-electron chi connectivity index (χ1n) is 7.38. The Morgan fingerprint density at radius 2 is 2.30 bits per heavy atom. The Labute approximate surface area is 129 Å². The van der Waals surface area contributed by atoms with Gasteiger partial charge in [0.2, 0.25) is 5.91 Å². The Morgan fingerprint density at radius 3 is 3.10 bits per heavy atom. The monoisotopic (exact) mass is 313 g/mol. The fraction of sp³-hybridized carbons (Fsp3) is 0.769. The maximum atomic E-state index is 11.6. The van der Waals surface area contributed by atoms with Crippen LogP contribution in [0.3, 0.4) is 0 Å². The summed E-state index contributed by atoms with van der Waals surface area (Å²) in [6, 6.07) is 0.686. The standard InChI is InChI=1S/C13H20N4OS2/c1-10-5-2-3-7-15(10)9-17-13(19)20-12-14-11(18)6-4-8-16(12)17/h10H,2-9H2,1H3/p+1. The summed E-state index contributed by atoms with van der Waals surface area (Å²) in [4.78, 5) is 17.4. The minimum atomic E-state index is -0.0154. The van der Waals surface area contributed by atoms with Crippen LogP contribution in [0.1, 0.15) is 39.0 Å². The Balaban J connectivity index is 1.74. The van der Waals surface area contributed by atoms with Gasteiger partial charge in [0.15, 0.2) is 16.2 Å². The smallest absolute Gasteiger partial charge is 0.248 e. The molecule has 2 saturated heterocycles. The predicted molar refractivity (Wildman–Crippen MR) is 84.4 cm³/mol. The molecule has 0 spiro atoms. The van der Waals surface area contributed by atoms with Crippen LogP contribution in [0.15, 0.2) is 4.99 Å². The topological polar surface area (TPSA) is 40.4 Å². The number of hydrogen-bond acceptors (Lipinski definition) is 4. The lowest BCUT2D eigenvalue weighted by atomic mass is 10.0. The number of likely N-dealkylation sites (tertiary alicyclic amines) is 1. The summed E-state index contributed by atoms with van der Waals surface area (Å²) in [6.07, 6.45) is 5.34. The zero-order valence-electron chi connectivity index (χ0n) is 11.8. The molecule has 20 heavy (non-hydrogen) atoms. The molecule has 3 heterocycles. The number of thioether (sulfide) groups is 1. The minimum absolute atomic E-state index is 0.0154. The molecule has 0 radical (unpaired) electrons. The van der Waals surface area contributed by atoms with Crippen molar-refractivity contribution in [3.63, 3.8) is 0 Å². The van der Waals surface area contributed by atoms with Gasteiger partial charge in [-0.05, 0) is 44.4 Å². The van der Waals surface area contributed by atoms with Gasteiger partial charge < -0.3 is 4.90 Å². The predicted octanol–water partition coefficient (Wildman–Crippen LogP) is 0.628. The van der Waals surface area contributed by atoms with Gasteiger partial charge in [-0.1, -0.05) is 12.2 Å². The summed E-state index contributed by atoms with van der Waals surface area (Å²) in [5.41, 5.74) is 0. The largest absolute Gasteiger partial charge is 0.314 e. The molecule has 1 N–H and O–H groups in total. The van der Waals surface area contributed by atoms with Crippen molar-refractivity contribution < 1.29 is 9.69 Å². The second kappa shape index (κ2) is 5.99. The molecular weight excluding hydrogens is 292 g/mol. The average Bonchev–Trinajstić information content (AvgIpc) is 2.58. The Bertz CT molecular complexity index is 454. The van der Waals surface area contributed by atoms with E-state index in [-0.39, 0.29) is 5.91 Å². The lowest BCUT2D eigenvalue weighted by Crippen LogP contribution is -3.17. The van der Waals surface area contributed by atoms with Gasteiger partial charge in [0.1, 0.15) is 0 Å². The summed E-state index contributed by atoms with van der Waals surface area (Å²) in [7, 11) is 0. The highest BCUT2D eigenvalue weighted by molar-refractivity contribution is 8.33. The van der Waals surface area contributed by atoms with Crippen molar-refractivity contribution in [1.82, 2.24) is 10.0 Å². The summed E-state index contributed by atoms with van der Waals surface area (Å²) in [5.74, 6) is -0.0154. The molecule has 2 atom stereocenters. The fourth-order valence-corrected chi connectivity index (χ4v) is 4.31. The van der Waals surface area contributed by atoms with Crippen molar-refractivity contribution in [3.8, 4) is 0 Å². The van der Waals surface area contributed by atoms with E-state index in [0.717, 1.165) is 29.1 Å². The maximum Gasteiger partial charge on any atom is 0.248 e. The van der Waals surface area contributed by atoms with Crippen LogP contribution in [0.2, 0.25) is 0 Å². The first-order valence-corrected chi connectivity index (χ1v) is 8.60. The first kappa shape index (κ1) is 14.3. The molecule has 2 fully saturated rings. The highest BCUT2D eigenvalue weighted by atomic mass is 32.2. The van der Waals surface area contributed by atoms with Gasteiger partial charge >= 0.3 is 0 Å². The van der Waals surface area contributed by atoms with E-state index in [9.17, 15) is 4.79 Å². The third-order valence-electron chi connectivity index (χ3n) is 4.32. The van der Waals surface area contributed by atoms with Crippen LogP contribution in [0.5, 0.6) is 0 Å². The van der Waals surface area contributed by atoms with Crippen LogP contribution in [0.4, 0.5) is 0 Å². The number of thiocarbonyl (C=S) groups is 1. The number of aliphatic imine (C=N–C) groups is 1. The van der Waals surface area contributed by atoms with Crippen LogP contribution < -0.4 is 4.90 Å². The number of rotatable bonds is 2. The molecule has 1 amide bonds. The lowest BCUT2D eigenvalue weighted by molar-refractivity contribution is -0.938. The van der Waals surface area contributed by atoms with Crippen molar-refractivity contribution in [2.24, 2.45) is 4.99 Å². The van der Waals surface area contributed by atoms with Crippen LogP contribution in [-0.2, 0) is 4.79 Å². The van der Waals surface area contributed by atoms with E-state index in [1.54, 1.807) is 4.90 Å². The van der Waals surface area contributed by atoms with Gasteiger partial charge in [0.25, 0.3) is 0 Å². The number of piperidine rings is 1. The Morgan fingerprint density at radius 1 is 1.45 bits per heavy atom.